The molecule has 21 heavy (non-hydrogen) atoms. The van der Waals surface area contributed by atoms with E-state index in [1.54, 1.807) is 0 Å². The number of anilines is 1. The SMILES string of the molecule is CCCc1nc(Cc2cccc(C)c2)nc(NCC)c1I. The van der Waals surface area contributed by atoms with Gasteiger partial charge in [0.1, 0.15) is 11.6 Å². The summed E-state index contributed by atoms with van der Waals surface area (Å²) in [4.78, 5) is 9.47. The molecule has 0 atom stereocenters. The molecule has 112 valence electrons. The number of hydrogen-bond donors (Lipinski definition) is 1. The summed E-state index contributed by atoms with van der Waals surface area (Å²) in [6, 6.07) is 8.55. The molecule has 0 unspecified atom stereocenters. The summed E-state index contributed by atoms with van der Waals surface area (Å²) in [5.41, 5.74) is 3.70. The zero-order valence-corrected chi connectivity index (χ0v) is 15.1. The summed E-state index contributed by atoms with van der Waals surface area (Å²) in [5.74, 6) is 1.87. The van der Waals surface area contributed by atoms with E-state index in [1.165, 1.54) is 11.1 Å². The molecule has 0 saturated carbocycles. The number of hydrogen-bond acceptors (Lipinski definition) is 3. The van der Waals surface area contributed by atoms with Crippen molar-refractivity contribution in [3.05, 3.63) is 50.5 Å². The third-order valence-corrected chi connectivity index (χ3v) is 4.38. The Bertz CT molecular complexity index is 584. The van der Waals surface area contributed by atoms with Crippen molar-refractivity contribution < 1.29 is 0 Å². The fourth-order valence-electron chi connectivity index (χ4n) is 2.32. The minimum atomic E-state index is 0.785. The molecular weight excluding hydrogens is 373 g/mol. The fourth-order valence-corrected chi connectivity index (χ4v) is 3.02. The lowest BCUT2D eigenvalue weighted by molar-refractivity contribution is 0.833. The Morgan fingerprint density at radius 2 is 2.00 bits per heavy atom. The van der Waals surface area contributed by atoms with E-state index in [2.05, 4.69) is 72.9 Å². The maximum atomic E-state index is 4.77. The Hall–Kier alpha value is -1.17. The van der Waals surface area contributed by atoms with Crippen molar-refractivity contribution in [1.82, 2.24) is 9.97 Å². The highest BCUT2D eigenvalue weighted by molar-refractivity contribution is 14.1. The van der Waals surface area contributed by atoms with Crippen LogP contribution in [0.1, 0.15) is 42.9 Å². The second-order valence-electron chi connectivity index (χ2n) is 5.20. The van der Waals surface area contributed by atoms with E-state index in [9.17, 15) is 0 Å². The predicted molar refractivity (Wildman–Crippen MR) is 96.9 cm³/mol. The number of halogens is 1. The molecule has 0 aliphatic rings. The molecule has 0 saturated heterocycles. The van der Waals surface area contributed by atoms with Crippen molar-refractivity contribution in [2.24, 2.45) is 0 Å². The number of nitrogens with zero attached hydrogens (tertiary/aromatic N) is 2. The van der Waals surface area contributed by atoms with Crippen molar-refractivity contribution in [2.75, 3.05) is 11.9 Å². The highest BCUT2D eigenvalue weighted by Crippen LogP contribution is 2.21. The van der Waals surface area contributed by atoms with Crippen LogP contribution < -0.4 is 5.32 Å². The zero-order chi connectivity index (χ0) is 15.2. The summed E-state index contributed by atoms with van der Waals surface area (Å²) < 4.78 is 1.16. The molecule has 1 N–H and O–H groups in total. The largest absolute Gasteiger partial charge is 0.369 e. The first-order chi connectivity index (χ1) is 10.1. The molecular formula is C17H22IN3. The van der Waals surface area contributed by atoms with Crippen LogP contribution >= 0.6 is 22.6 Å². The van der Waals surface area contributed by atoms with Gasteiger partial charge in [0.15, 0.2) is 0 Å². The van der Waals surface area contributed by atoms with Crippen molar-refractivity contribution in [3.8, 4) is 0 Å². The summed E-state index contributed by atoms with van der Waals surface area (Å²) in [6.45, 7) is 7.27. The van der Waals surface area contributed by atoms with E-state index in [1.807, 2.05) is 0 Å². The average Bonchev–Trinajstić information content (AvgIpc) is 2.44. The van der Waals surface area contributed by atoms with Gasteiger partial charge in [0.2, 0.25) is 0 Å². The van der Waals surface area contributed by atoms with Gasteiger partial charge in [0.05, 0.1) is 9.26 Å². The van der Waals surface area contributed by atoms with Gasteiger partial charge in [0, 0.05) is 13.0 Å². The van der Waals surface area contributed by atoms with Crippen LogP contribution in [0, 0.1) is 10.5 Å². The number of nitrogens with one attached hydrogen (secondary N) is 1. The Labute approximate surface area is 140 Å². The standard InChI is InChI=1S/C17H22IN3/c1-4-7-14-16(18)17(19-5-2)21-15(20-14)11-13-9-6-8-12(3)10-13/h6,8-10H,4-5,7,11H2,1-3H3,(H,19,20,21). The topological polar surface area (TPSA) is 37.8 Å². The van der Waals surface area contributed by atoms with E-state index < -0.39 is 0 Å². The lowest BCUT2D eigenvalue weighted by atomic mass is 10.1. The van der Waals surface area contributed by atoms with E-state index in [0.717, 1.165) is 46.7 Å². The van der Waals surface area contributed by atoms with Crippen molar-refractivity contribution in [1.29, 1.82) is 0 Å². The first-order valence-electron chi connectivity index (χ1n) is 7.48. The average molecular weight is 395 g/mol. The lowest BCUT2D eigenvalue weighted by Gasteiger charge is -2.12. The third kappa shape index (κ3) is 4.40. The summed E-state index contributed by atoms with van der Waals surface area (Å²) in [5, 5.41) is 3.35. The van der Waals surface area contributed by atoms with Crippen LogP contribution in [0.25, 0.3) is 0 Å². The molecule has 1 heterocycles. The monoisotopic (exact) mass is 395 g/mol. The van der Waals surface area contributed by atoms with Gasteiger partial charge in [-0.05, 0) is 48.4 Å². The highest BCUT2D eigenvalue weighted by Gasteiger charge is 2.11. The number of rotatable bonds is 6. The number of benzene rings is 1. The van der Waals surface area contributed by atoms with Crippen molar-refractivity contribution in [3.63, 3.8) is 0 Å². The predicted octanol–water partition coefficient (Wildman–Crippen LogP) is 4.36. The zero-order valence-electron chi connectivity index (χ0n) is 12.9. The molecule has 0 aliphatic carbocycles. The first-order valence-corrected chi connectivity index (χ1v) is 8.56. The van der Waals surface area contributed by atoms with Gasteiger partial charge < -0.3 is 5.32 Å². The summed E-state index contributed by atoms with van der Waals surface area (Å²) >= 11 is 2.35. The molecule has 0 amide bonds. The number of aryl methyl sites for hydroxylation is 2. The first kappa shape index (κ1) is 16.2. The van der Waals surface area contributed by atoms with Crippen LogP contribution in [0.3, 0.4) is 0 Å². The Morgan fingerprint density at radius 1 is 1.19 bits per heavy atom. The summed E-state index contributed by atoms with van der Waals surface area (Å²) in [7, 11) is 0. The Kier molecular flexibility index (Phi) is 5.96. The molecule has 0 aliphatic heterocycles. The second-order valence-corrected chi connectivity index (χ2v) is 6.27. The smallest absolute Gasteiger partial charge is 0.143 e. The van der Waals surface area contributed by atoms with E-state index in [0.29, 0.717) is 0 Å². The van der Waals surface area contributed by atoms with Crippen molar-refractivity contribution in [2.45, 2.75) is 40.0 Å². The van der Waals surface area contributed by atoms with Crippen LogP contribution in [0.2, 0.25) is 0 Å². The van der Waals surface area contributed by atoms with Gasteiger partial charge in [-0.25, -0.2) is 9.97 Å². The Balaban J connectivity index is 2.33. The van der Waals surface area contributed by atoms with Gasteiger partial charge >= 0.3 is 0 Å². The lowest BCUT2D eigenvalue weighted by Crippen LogP contribution is -2.10. The van der Waals surface area contributed by atoms with Crippen LogP contribution in [-0.4, -0.2) is 16.5 Å². The quantitative estimate of drug-likeness (QED) is 0.739. The minimum Gasteiger partial charge on any atom is -0.369 e. The van der Waals surface area contributed by atoms with Gasteiger partial charge in [-0.15, -0.1) is 0 Å². The van der Waals surface area contributed by atoms with E-state index in [4.69, 9.17) is 9.97 Å². The third-order valence-electron chi connectivity index (χ3n) is 3.24. The second kappa shape index (κ2) is 7.73. The molecule has 2 aromatic rings. The summed E-state index contributed by atoms with van der Waals surface area (Å²) in [6.07, 6.45) is 2.89. The molecule has 3 nitrogen and oxygen atoms in total. The maximum absolute atomic E-state index is 4.77. The molecule has 0 bridgehead atoms. The highest BCUT2D eigenvalue weighted by atomic mass is 127. The molecule has 1 aromatic heterocycles. The van der Waals surface area contributed by atoms with Gasteiger partial charge in [-0.3, -0.25) is 0 Å². The molecule has 0 fully saturated rings. The normalized spacial score (nSPS) is 10.7. The van der Waals surface area contributed by atoms with Crippen LogP contribution in [-0.2, 0) is 12.8 Å². The fraction of sp³-hybridized carbons (Fsp3) is 0.412. The van der Waals surface area contributed by atoms with Gasteiger partial charge in [-0.2, -0.15) is 0 Å². The van der Waals surface area contributed by atoms with Crippen molar-refractivity contribution >= 4 is 28.4 Å². The molecule has 0 radical (unpaired) electrons. The minimum absolute atomic E-state index is 0.785. The van der Waals surface area contributed by atoms with E-state index >= 15 is 0 Å². The molecule has 0 spiro atoms. The van der Waals surface area contributed by atoms with Crippen LogP contribution in [0.5, 0.6) is 0 Å². The number of aromatic nitrogens is 2. The molecule has 4 heteroatoms. The molecule has 2 rings (SSSR count). The van der Waals surface area contributed by atoms with E-state index in [-0.39, 0.29) is 0 Å². The molecule has 1 aromatic carbocycles. The van der Waals surface area contributed by atoms with Crippen LogP contribution in [0.4, 0.5) is 5.82 Å². The maximum Gasteiger partial charge on any atom is 0.143 e. The van der Waals surface area contributed by atoms with Gasteiger partial charge in [0.25, 0.3) is 0 Å². The van der Waals surface area contributed by atoms with Gasteiger partial charge in [-0.1, -0.05) is 43.2 Å². The van der Waals surface area contributed by atoms with Crippen LogP contribution in [0.15, 0.2) is 24.3 Å². The Morgan fingerprint density at radius 3 is 2.67 bits per heavy atom.